The molecular formula is C61H100O32. The number of hydrogen-bond donors (Lipinski definition) is 18. The second-order valence-corrected chi connectivity index (χ2v) is 28.8. The van der Waals surface area contributed by atoms with E-state index >= 15 is 4.79 Å². The molecule has 7 saturated heterocycles. The van der Waals surface area contributed by atoms with E-state index in [0.29, 0.717) is 38.5 Å². The molecule has 32 heteroatoms. The third-order valence-electron chi connectivity index (χ3n) is 23.4. The van der Waals surface area contributed by atoms with Crippen LogP contribution in [0.25, 0.3) is 0 Å². The Hall–Kier alpha value is -1.57. The molecule has 0 radical (unpaired) electrons. The molecule has 11 fully saturated rings. The molecule has 11 aliphatic rings. The first-order chi connectivity index (χ1) is 44.0. The van der Waals surface area contributed by atoms with Gasteiger partial charge in [-0.05, 0) is 86.9 Å². The number of carbonyl (C=O) groups is 1. The molecule has 18 N–H and O–H groups in total. The predicted octanol–water partition coefficient (Wildman–Crippen LogP) is -6.82. The summed E-state index contributed by atoms with van der Waals surface area (Å²) >= 11 is 0. The Bertz CT molecular complexity index is 2480. The molecule has 4 aliphatic carbocycles. The maximum atomic E-state index is 15.0. The highest BCUT2D eigenvalue weighted by Crippen LogP contribution is 2.70. The molecule has 0 bridgehead atoms. The standard InChI is InChI=1S/C61H100O32/c1-21(18-81-53-46(77)43(74)40(71)32(15-62)86-53)8-11-61(80)22(2)36-31(93-61)13-28-26-7-6-24-12-25(9-10-59(24,4)27(26)14-35(67)60(28,36)5)85-57-51(91-56-47(78)42(73)37(68)23(3)84-56)48(79)49(34(17-64)88-57)89-58-52(92-55-45(76)39(70)30(66)20-83-55)50(41(72)33(16-63)87-58)90-54-44(75)38(69)29(65)19-82-54/h21-34,36-58,62-66,68-80H,6-20H2,1-5H3/t21-,22-,23+,24-,25+,26-,27-,28+,29+,30+,31-,32+,33+,34+,36-,37+,38-,39-,40+,41+,42-,43-,44+,45+,46+,47+,48-,49+,50-,51+,52+,53+,54-,55-,56-,57+,58-,59+,60+,61-/m1/s1. The molecule has 32 nitrogen and oxygen atoms in total. The van der Waals surface area contributed by atoms with Crippen molar-refractivity contribution in [3.63, 3.8) is 0 Å². The lowest BCUT2D eigenvalue weighted by Gasteiger charge is -2.60. The summed E-state index contributed by atoms with van der Waals surface area (Å²) in [6, 6.07) is 0. The van der Waals surface area contributed by atoms with Crippen molar-refractivity contribution >= 4 is 5.78 Å². The molecule has 0 aromatic rings. The number of hydrogen-bond acceptors (Lipinski definition) is 32. The average molecular weight is 1350 g/mol. The highest BCUT2D eigenvalue weighted by molar-refractivity contribution is 5.87. The highest BCUT2D eigenvalue weighted by Gasteiger charge is 2.71. The molecule has 0 spiro atoms. The topological polar surface area (TPSA) is 501 Å². The molecule has 0 aromatic carbocycles. The van der Waals surface area contributed by atoms with Gasteiger partial charge >= 0.3 is 0 Å². The second kappa shape index (κ2) is 28.8. The van der Waals surface area contributed by atoms with Crippen LogP contribution in [0.1, 0.15) is 92.4 Å². The van der Waals surface area contributed by atoms with Gasteiger partial charge in [0, 0.05) is 30.1 Å². The minimum atomic E-state index is -2.00. The van der Waals surface area contributed by atoms with E-state index in [1.807, 2.05) is 20.8 Å². The fourth-order valence-electron chi connectivity index (χ4n) is 17.6. The molecule has 536 valence electrons. The number of fused-ring (bicyclic) bond motifs is 7. The lowest BCUT2D eigenvalue weighted by molar-refractivity contribution is -0.408. The Morgan fingerprint density at radius 3 is 1.73 bits per heavy atom. The minimum Gasteiger partial charge on any atom is -0.394 e. The molecule has 0 aromatic heterocycles. The van der Waals surface area contributed by atoms with Crippen molar-refractivity contribution < 1.29 is 158 Å². The Morgan fingerprint density at radius 2 is 1.09 bits per heavy atom. The maximum absolute atomic E-state index is 15.0. The Balaban J connectivity index is 0.782. The van der Waals surface area contributed by atoms with E-state index in [1.165, 1.54) is 6.92 Å². The third kappa shape index (κ3) is 13.4. The van der Waals surface area contributed by atoms with Gasteiger partial charge in [-0.1, -0.05) is 27.7 Å². The van der Waals surface area contributed by atoms with Gasteiger partial charge in [0.1, 0.15) is 134 Å². The number of ketones is 1. The summed E-state index contributed by atoms with van der Waals surface area (Å²) in [4.78, 5) is 15.0. The first-order valence-electron chi connectivity index (χ1n) is 33.0. The van der Waals surface area contributed by atoms with Gasteiger partial charge in [0.25, 0.3) is 0 Å². The second-order valence-electron chi connectivity index (χ2n) is 28.8. The van der Waals surface area contributed by atoms with Crippen molar-refractivity contribution in [2.24, 2.45) is 52.3 Å². The van der Waals surface area contributed by atoms with Gasteiger partial charge in [0.2, 0.25) is 0 Å². The molecule has 93 heavy (non-hydrogen) atoms. The van der Waals surface area contributed by atoms with Crippen molar-refractivity contribution in [1.29, 1.82) is 0 Å². The van der Waals surface area contributed by atoms with Crippen molar-refractivity contribution in [3.05, 3.63) is 0 Å². The molecular weight excluding hydrogens is 1240 g/mol. The van der Waals surface area contributed by atoms with Crippen LogP contribution in [0.2, 0.25) is 0 Å². The summed E-state index contributed by atoms with van der Waals surface area (Å²) in [6.07, 6.45) is -44.1. The van der Waals surface area contributed by atoms with Gasteiger partial charge in [0.15, 0.2) is 43.5 Å². The fourth-order valence-corrected chi connectivity index (χ4v) is 17.6. The van der Waals surface area contributed by atoms with Gasteiger partial charge in [0.05, 0.1) is 58.0 Å². The van der Waals surface area contributed by atoms with Crippen LogP contribution in [-0.2, 0) is 66.4 Å². The van der Waals surface area contributed by atoms with Gasteiger partial charge in [-0.3, -0.25) is 4.79 Å². The van der Waals surface area contributed by atoms with Gasteiger partial charge in [-0.2, -0.15) is 0 Å². The van der Waals surface area contributed by atoms with Crippen LogP contribution >= 0.6 is 0 Å². The summed E-state index contributed by atoms with van der Waals surface area (Å²) in [5.74, 6) is -2.15. The molecule has 0 unspecified atom stereocenters. The van der Waals surface area contributed by atoms with Crippen LogP contribution in [0.15, 0.2) is 0 Å². The van der Waals surface area contributed by atoms with Crippen molar-refractivity contribution in [3.8, 4) is 0 Å². The van der Waals surface area contributed by atoms with Crippen LogP contribution in [-0.4, -0.2) is 327 Å². The molecule has 0 amide bonds. The molecule has 11 rings (SSSR count). The quantitative estimate of drug-likeness (QED) is 0.0535. The van der Waals surface area contributed by atoms with Crippen LogP contribution in [0.4, 0.5) is 0 Å². The molecule has 40 atom stereocenters. The van der Waals surface area contributed by atoms with Crippen LogP contribution in [0.3, 0.4) is 0 Å². The molecule has 7 aliphatic heterocycles. The predicted molar refractivity (Wildman–Crippen MR) is 304 cm³/mol. The van der Waals surface area contributed by atoms with E-state index in [0.717, 1.165) is 12.8 Å². The third-order valence-corrected chi connectivity index (χ3v) is 23.4. The van der Waals surface area contributed by atoms with Crippen LogP contribution < -0.4 is 0 Å². The zero-order chi connectivity index (χ0) is 67.2. The Morgan fingerprint density at radius 1 is 0.538 bits per heavy atom. The number of carbonyl (C=O) groups excluding carboxylic acids is 1. The summed E-state index contributed by atoms with van der Waals surface area (Å²) in [5, 5.41) is 195. The van der Waals surface area contributed by atoms with E-state index in [-0.39, 0.29) is 65.8 Å². The van der Waals surface area contributed by atoms with E-state index in [2.05, 4.69) is 6.92 Å². The SMILES string of the molecule is C[C@H](CC[C@@]1(O)O[C@@H]2C[C@H]3[C@@H]4CC[C@@H]5C[C@@H](O[C@H]6O[C@@H](CO)[C@H](O[C@H]7O[C@@H](CO)[C@H](O)[C@@H](O[C@H]8OC[C@H](O)[C@@H](O)[C@@H]8O)[C@@H]7O[C@H]7OC[C@H](O)[C@@H](O)[C@@H]7O)[C@@H](O)[C@@H]6O[C@H]6O[C@@H](C)[C@H](O)[C@@H](O)[C@@H]6O)CC[C@]5(C)[C@@H]4CC(=O)[C@@]3(C)[C@@H]2[C@H]1C)CO[C@H]1O[C@@H](CO)[C@H](O)[C@@H](O)[C@@H]1O. The first-order valence-corrected chi connectivity index (χ1v) is 33.0. The lowest BCUT2D eigenvalue weighted by atomic mass is 9.44. The van der Waals surface area contributed by atoms with E-state index < -0.39 is 228 Å². The van der Waals surface area contributed by atoms with E-state index in [9.17, 15) is 91.9 Å². The van der Waals surface area contributed by atoms with Crippen molar-refractivity contribution in [2.45, 2.75) is 282 Å². The van der Waals surface area contributed by atoms with Crippen molar-refractivity contribution in [2.75, 3.05) is 39.6 Å². The van der Waals surface area contributed by atoms with Gasteiger partial charge in [-0.25, -0.2) is 0 Å². The summed E-state index contributed by atoms with van der Waals surface area (Å²) in [6.45, 7) is 5.98. The number of ether oxygens (including phenoxy) is 13. The molecule has 7 heterocycles. The van der Waals surface area contributed by atoms with E-state index in [1.54, 1.807) is 0 Å². The number of rotatable bonds is 19. The molecule has 4 saturated carbocycles. The first kappa shape index (κ1) is 72.7. The summed E-state index contributed by atoms with van der Waals surface area (Å²) < 4.78 is 78.9. The average Bonchev–Trinajstić information content (AvgIpc) is 1.56. The number of aliphatic hydroxyl groups excluding tert-OH is 17. The maximum Gasteiger partial charge on any atom is 0.187 e. The summed E-state index contributed by atoms with van der Waals surface area (Å²) in [7, 11) is 0. The normalized spacial score (nSPS) is 55.4. The van der Waals surface area contributed by atoms with Gasteiger partial charge in [-0.15, -0.1) is 0 Å². The zero-order valence-electron chi connectivity index (χ0n) is 52.7. The minimum absolute atomic E-state index is 0.00902. The summed E-state index contributed by atoms with van der Waals surface area (Å²) in [5.41, 5.74) is -1.13. The van der Waals surface area contributed by atoms with Crippen LogP contribution in [0, 0.1) is 52.3 Å². The van der Waals surface area contributed by atoms with E-state index in [4.69, 9.17) is 61.6 Å². The van der Waals surface area contributed by atoms with Crippen LogP contribution in [0.5, 0.6) is 0 Å². The fraction of sp³-hybridized carbons (Fsp3) is 0.984. The highest BCUT2D eigenvalue weighted by atomic mass is 16.8. The lowest BCUT2D eigenvalue weighted by Crippen LogP contribution is -2.68. The Labute approximate surface area is 537 Å². The monoisotopic (exact) mass is 1340 g/mol. The Kier molecular flexibility index (Phi) is 22.5. The van der Waals surface area contributed by atoms with Gasteiger partial charge < -0.3 is 153 Å². The smallest absolute Gasteiger partial charge is 0.187 e. The van der Waals surface area contributed by atoms with Crippen molar-refractivity contribution in [1.82, 2.24) is 0 Å². The zero-order valence-corrected chi connectivity index (χ0v) is 52.7. The largest absolute Gasteiger partial charge is 0.394 e. The number of Topliss-reactive ketones (excluding diaryl/α,β-unsaturated/α-hetero) is 1. The number of aliphatic hydroxyl groups is 18.